The molecular formula is C27H36N2O3. The summed E-state index contributed by atoms with van der Waals surface area (Å²) in [4.78, 5) is 17.5. The lowest BCUT2D eigenvalue weighted by molar-refractivity contribution is 0.0733. The van der Waals surface area contributed by atoms with Crippen LogP contribution < -0.4 is 9.64 Å². The molecule has 2 aromatic carbocycles. The SMILES string of the molecule is Cc1cc(N2CCOCC2)ccc1C(=O)Oc1cccc([C@@H]2CCCC[C@@H]2CN(C)C)c1. The molecular weight excluding hydrogens is 400 g/mol. The van der Waals surface area contributed by atoms with Crippen molar-refractivity contribution < 1.29 is 14.3 Å². The number of esters is 1. The van der Waals surface area contributed by atoms with Crippen molar-refractivity contribution >= 4 is 11.7 Å². The molecule has 1 aliphatic heterocycles. The molecule has 0 amide bonds. The molecule has 1 saturated heterocycles. The third kappa shape index (κ3) is 5.51. The monoisotopic (exact) mass is 436 g/mol. The van der Waals surface area contributed by atoms with E-state index in [1.807, 2.05) is 31.2 Å². The van der Waals surface area contributed by atoms with Gasteiger partial charge in [0.1, 0.15) is 5.75 Å². The number of hydrogen-bond acceptors (Lipinski definition) is 5. The van der Waals surface area contributed by atoms with Gasteiger partial charge in [-0.15, -0.1) is 0 Å². The predicted octanol–water partition coefficient (Wildman–Crippen LogP) is 4.89. The van der Waals surface area contributed by atoms with Gasteiger partial charge in [-0.1, -0.05) is 25.0 Å². The van der Waals surface area contributed by atoms with Crippen molar-refractivity contribution in [2.45, 2.75) is 38.5 Å². The maximum absolute atomic E-state index is 13.0. The molecule has 0 N–H and O–H groups in total. The summed E-state index contributed by atoms with van der Waals surface area (Å²) < 4.78 is 11.3. The molecule has 0 unspecified atom stereocenters. The molecule has 1 aliphatic carbocycles. The minimum Gasteiger partial charge on any atom is -0.423 e. The maximum atomic E-state index is 13.0. The number of benzene rings is 2. The molecule has 2 fully saturated rings. The molecule has 2 aliphatic rings. The van der Waals surface area contributed by atoms with Crippen LogP contribution in [0, 0.1) is 12.8 Å². The molecule has 1 saturated carbocycles. The van der Waals surface area contributed by atoms with Gasteiger partial charge in [-0.05, 0) is 87.2 Å². The van der Waals surface area contributed by atoms with Gasteiger partial charge in [0.15, 0.2) is 0 Å². The van der Waals surface area contributed by atoms with Crippen molar-refractivity contribution in [2.75, 3.05) is 51.8 Å². The van der Waals surface area contributed by atoms with E-state index in [1.54, 1.807) is 0 Å². The van der Waals surface area contributed by atoms with Gasteiger partial charge < -0.3 is 19.3 Å². The van der Waals surface area contributed by atoms with Gasteiger partial charge >= 0.3 is 5.97 Å². The molecule has 172 valence electrons. The second-order valence-electron chi connectivity index (χ2n) is 9.47. The summed E-state index contributed by atoms with van der Waals surface area (Å²) in [7, 11) is 4.30. The van der Waals surface area contributed by atoms with Gasteiger partial charge in [0.25, 0.3) is 0 Å². The molecule has 2 atom stereocenters. The summed E-state index contributed by atoms with van der Waals surface area (Å²) in [5.74, 6) is 1.53. The highest BCUT2D eigenvalue weighted by atomic mass is 16.5. The lowest BCUT2D eigenvalue weighted by atomic mass is 9.75. The zero-order chi connectivity index (χ0) is 22.5. The number of carbonyl (C=O) groups excluding carboxylic acids is 1. The average Bonchev–Trinajstić information content (AvgIpc) is 2.79. The second-order valence-corrected chi connectivity index (χ2v) is 9.47. The van der Waals surface area contributed by atoms with Gasteiger partial charge in [-0.25, -0.2) is 4.79 Å². The number of carbonyl (C=O) groups is 1. The normalized spacial score (nSPS) is 21.6. The Labute approximate surface area is 192 Å². The van der Waals surface area contributed by atoms with E-state index in [1.165, 1.54) is 31.2 Å². The number of morpholine rings is 1. The molecule has 0 spiro atoms. The molecule has 4 rings (SSSR count). The van der Waals surface area contributed by atoms with Gasteiger partial charge in [0, 0.05) is 25.3 Å². The fourth-order valence-electron chi connectivity index (χ4n) is 5.20. The molecule has 0 radical (unpaired) electrons. The predicted molar refractivity (Wildman–Crippen MR) is 129 cm³/mol. The van der Waals surface area contributed by atoms with E-state index in [4.69, 9.17) is 9.47 Å². The average molecular weight is 437 g/mol. The summed E-state index contributed by atoms with van der Waals surface area (Å²) in [6.07, 6.45) is 5.05. The number of anilines is 1. The van der Waals surface area contributed by atoms with Crippen LogP contribution in [-0.4, -0.2) is 57.8 Å². The minimum absolute atomic E-state index is 0.290. The fraction of sp³-hybridized carbons (Fsp3) is 0.519. The molecule has 5 nitrogen and oxygen atoms in total. The molecule has 2 aromatic rings. The Morgan fingerprint density at radius 2 is 1.88 bits per heavy atom. The zero-order valence-electron chi connectivity index (χ0n) is 19.7. The molecule has 32 heavy (non-hydrogen) atoms. The van der Waals surface area contributed by atoms with Crippen molar-refractivity contribution in [1.82, 2.24) is 4.90 Å². The first-order valence-corrected chi connectivity index (χ1v) is 11.9. The summed E-state index contributed by atoms with van der Waals surface area (Å²) in [6.45, 7) is 6.33. The van der Waals surface area contributed by atoms with Gasteiger partial charge in [-0.3, -0.25) is 0 Å². The Bertz CT molecular complexity index is 921. The van der Waals surface area contributed by atoms with Crippen LogP contribution in [0.3, 0.4) is 0 Å². The topological polar surface area (TPSA) is 42.0 Å². The smallest absolute Gasteiger partial charge is 0.343 e. The van der Waals surface area contributed by atoms with Crippen molar-refractivity contribution in [3.05, 3.63) is 59.2 Å². The van der Waals surface area contributed by atoms with Crippen LogP contribution in [-0.2, 0) is 4.74 Å². The first-order valence-electron chi connectivity index (χ1n) is 11.9. The van der Waals surface area contributed by atoms with E-state index in [0.717, 1.165) is 44.1 Å². The third-order valence-electron chi connectivity index (χ3n) is 6.81. The van der Waals surface area contributed by atoms with Crippen molar-refractivity contribution in [1.29, 1.82) is 0 Å². The summed E-state index contributed by atoms with van der Waals surface area (Å²) in [5, 5.41) is 0. The maximum Gasteiger partial charge on any atom is 0.343 e. The van der Waals surface area contributed by atoms with E-state index in [9.17, 15) is 4.79 Å². The number of hydrogen-bond donors (Lipinski definition) is 0. The quantitative estimate of drug-likeness (QED) is 0.477. The van der Waals surface area contributed by atoms with E-state index >= 15 is 0 Å². The molecule has 0 aromatic heterocycles. The van der Waals surface area contributed by atoms with Crippen LogP contribution in [0.4, 0.5) is 5.69 Å². The van der Waals surface area contributed by atoms with Gasteiger partial charge in [-0.2, -0.15) is 0 Å². The van der Waals surface area contributed by atoms with E-state index in [2.05, 4.69) is 42.1 Å². The van der Waals surface area contributed by atoms with Crippen molar-refractivity contribution in [3.8, 4) is 5.75 Å². The van der Waals surface area contributed by atoms with Crippen LogP contribution in [0.25, 0.3) is 0 Å². The van der Waals surface area contributed by atoms with Crippen molar-refractivity contribution in [2.24, 2.45) is 5.92 Å². The number of ether oxygens (including phenoxy) is 2. The first kappa shape index (κ1) is 22.8. The minimum atomic E-state index is -0.290. The van der Waals surface area contributed by atoms with Crippen LogP contribution in [0.5, 0.6) is 5.75 Å². The Balaban J connectivity index is 1.46. The highest BCUT2D eigenvalue weighted by Gasteiger charge is 2.27. The lowest BCUT2D eigenvalue weighted by Gasteiger charge is -2.34. The van der Waals surface area contributed by atoms with Crippen LogP contribution in [0.1, 0.15) is 53.1 Å². The highest BCUT2D eigenvalue weighted by molar-refractivity contribution is 5.93. The third-order valence-corrected chi connectivity index (χ3v) is 6.81. The van der Waals surface area contributed by atoms with Crippen LogP contribution >= 0.6 is 0 Å². The Kier molecular flexibility index (Phi) is 7.48. The fourth-order valence-corrected chi connectivity index (χ4v) is 5.20. The van der Waals surface area contributed by atoms with Gasteiger partial charge in [0.05, 0.1) is 18.8 Å². The second kappa shape index (κ2) is 10.5. The van der Waals surface area contributed by atoms with Gasteiger partial charge in [0.2, 0.25) is 0 Å². The Morgan fingerprint density at radius 1 is 1.09 bits per heavy atom. The summed E-state index contributed by atoms with van der Waals surface area (Å²) in [5.41, 5.74) is 3.99. The Hall–Kier alpha value is -2.37. The van der Waals surface area contributed by atoms with E-state index in [0.29, 0.717) is 23.1 Å². The number of aryl methyl sites for hydroxylation is 1. The number of rotatable bonds is 6. The van der Waals surface area contributed by atoms with Crippen LogP contribution in [0.2, 0.25) is 0 Å². The number of nitrogens with zero attached hydrogens (tertiary/aromatic N) is 2. The molecule has 0 bridgehead atoms. The van der Waals surface area contributed by atoms with Crippen LogP contribution in [0.15, 0.2) is 42.5 Å². The first-order chi connectivity index (χ1) is 15.5. The highest BCUT2D eigenvalue weighted by Crippen LogP contribution is 2.39. The summed E-state index contributed by atoms with van der Waals surface area (Å²) >= 11 is 0. The standard InChI is InChI=1S/C27H36N2O3/c1-20-17-23(29-13-15-31-16-14-29)11-12-25(20)27(30)32-24-9-6-8-21(18-24)26-10-5-4-7-22(26)19-28(2)3/h6,8-9,11-12,17-18,22,26H,4-5,7,10,13-16,19H2,1-3H3/t22-,26+/m1/s1. The zero-order valence-corrected chi connectivity index (χ0v) is 19.7. The van der Waals surface area contributed by atoms with Crippen molar-refractivity contribution in [3.63, 3.8) is 0 Å². The summed E-state index contributed by atoms with van der Waals surface area (Å²) in [6, 6.07) is 14.2. The largest absolute Gasteiger partial charge is 0.423 e. The molecule has 1 heterocycles. The Morgan fingerprint density at radius 3 is 2.62 bits per heavy atom. The van der Waals surface area contributed by atoms with E-state index in [-0.39, 0.29) is 5.97 Å². The lowest BCUT2D eigenvalue weighted by Crippen LogP contribution is -2.36. The molecule has 5 heteroatoms. The van der Waals surface area contributed by atoms with E-state index < -0.39 is 0 Å².